The highest BCUT2D eigenvalue weighted by Gasteiger charge is 2.26. The van der Waals surface area contributed by atoms with Gasteiger partial charge in [-0.05, 0) is 44.4 Å². The molecular formula is C17H24N2O3S. The molecule has 0 spiro atoms. The second-order valence-electron chi connectivity index (χ2n) is 6.45. The molecule has 0 aliphatic carbocycles. The molecule has 1 aromatic heterocycles. The molecule has 5 nitrogen and oxygen atoms in total. The molecule has 0 radical (unpaired) electrons. The molecule has 1 fully saturated rings. The quantitative estimate of drug-likeness (QED) is 0.912. The van der Waals surface area contributed by atoms with Crippen LogP contribution in [0.1, 0.15) is 31.6 Å². The molecule has 0 saturated carbocycles. The number of rotatable bonds is 5. The van der Waals surface area contributed by atoms with Crippen LogP contribution in [0.15, 0.2) is 34.7 Å². The molecule has 6 heteroatoms. The van der Waals surface area contributed by atoms with Crippen LogP contribution in [-0.4, -0.2) is 38.6 Å². The number of fused-ring (bicyclic) bond motifs is 1. The van der Waals surface area contributed by atoms with E-state index in [1.807, 2.05) is 24.3 Å². The summed E-state index contributed by atoms with van der Waals surface area (Å²) in [7, 11) is -3.08. The first-order valence-electron chi connectivity index (χ1n) is 8.10. The summed E-state index contributed by atoms with van der Waals surface area (Å²) in [5, 5.41) is 4.59. The zero-order chi connectivity index (χ0) is 16.4. The summed E-state index contributed by atoms with van der Waals surface area (Å²) < 4.78 is 30.8. The van der Waals surface area contributed by atoms with Crippen LogP contribution >= 0.6 is 0 Å². The second kappa shape index (κ2) is 6.63. The van der Waals surface area contributed by atoms with Crippen LogP contribution in [0, 0.1) is 5.92 Å². The topological polar surface area (TPSA) is 62.6 Å². The second-order valence-corrected chi connectivity index (χ2v) is 8.43. The van der Waals surface area contributed by atoms with Crippen molar-refractivity contribution in [2.24, 2.45) is 5.92 Å². The highest BCUT2D eigenvalue weighted by atomic mass is 32.2. The average molecular weight is 336 g/mol. The number of piperidine rings is 1. The van der Waals surface area contributed by atoms with Crippen molar-refractivity contribution in [1.82, 2.24) is 9.62 Å². The van der Waals surface area contributed by atoms with Gasteiger partial charge in [-0.2, -0.15) is 0 Å². The van der Waals surface area contributed by atoms with Crippen molar-refractivity contribution in [3.8, 4) is 0 Å². The fourth-order valence-electron chi connectivity index (χ4n) is 3.15. The lowest BCUT2D eigenvalue weighted by Crippen LogP contribution is -2.42. The number of hydrogen-bond donors (Lipinski definition) is 1. The van der Waals surface area contributed by atoms with Gasteiger partial charge in [0, 0.05) is 18.5 Å². The third-order valence-electron chi connectivity index (χ3n) is 4.53. The van der Waals surface area contributed by atoms with Crippen molar-refractivity contribution < 1.29 is 12.8 Å². The highest BCUT2D eigenvalue weighted by molar-refractivity contribution is 7.88. The number of nitrogens with one attached hydrogen (secondary N) is 1. The van der Waals surface area contributed by atoms with Crippen molar-refractivity contribution in [3.63, 3.8) is 0 Å². The van der Waals surface area contributed by atoms with E-state index < -0.39 is 10.0 Å². The van der Waals surface area contributed by atoms with E-state index in [9.17, 15) is 8.42 Å². The Labute approximate surface area is 137 Å². The zero-order valence-electron chi connectivity index (χ0n) is 13.7. The van der Waals surface area contributed by atoms with Crippen LogP contribution in [0.4, 0.5) is 0 Å². The van der Waals surface area contributed by atoms with Gasteiger partial charge in [-0.25, -0.2) is 12.7 Å². The van der Waals surface area contributed by atoms with E-state index in [0.717, 1.165) is 36.1 Å². The predicted octanol–water partition coefficient (Wildman–Crippen LogP) is 2.76. The lowest BCUT2D eigenvalue weighted by molar-refractivity contribution is 0.254. The molecular weight excluding hydrogens is 312 g/mol. The Hall–Kier alpha value is -1.37. The van der Waals surface area contributed by atoms with E-state index in [1.54, 1.807) is 4.31 Å². The van der Waals surface area contributed by atoms with Crippen LogP contribution in [0.5, 0.6) is 0 Å². The maximum atomic E-state index is 11.7. The van der Waals surface area contributed by atoms with Gasteiger partial charge in [0.05, 0.1) is 12.3 Å². The third-order valence-corrected chi connectivity index (χ3v) is 5.80. The first-order valence-corrected chi connectivity index (χ1v) is 9.95. The summed E-state index contributed by atoms with van der Waals surface area (Å²) in [6, 6.07) is 10.2. The Balaban J connectivity index is 1.59. The van der Waals surface area contributed by atoms with Crippen LogP contribution in [0.2, 0.25) is 0 Å². The molecule has 1 saturated heterocycles. The van der Waals surface area contributed by atoms with Crippen molar-refractivity contribution in [2.45, 2.75) is 25.8 Å². The molecule has 1 aliphatic rings. The van der Waals surface area contributed by atoms with Crippen LogP contribution in [0.25, 0.3) is 11.0 Å². The van der Waals surface area contributed by atoms with Gasteiger partial charge in [0.2, 0.25) is 10.0 Å². The van der Waals surface area contributed by atoms with Gasteiger partial charge in [-0.15, -0.1) is 0 Å². The van der Waals surface area contributed by atoms with Gasteiger partial charge in [-0.1, -0.05) is 18.2 Å². The first kappa shape index (κ1) is 16.5. The highest BCUT2D eigenvalue weighted by Crippen LogP contribution is 2.24. The maximum absolute atomic E-state index is 11.7. The summed E-state index contributed by atoms with van der Waals surface area (Å²) in [5.74, 6) is 1.27. The Bertz CT molecular complexity index is 736. The Morgan fingerprint density at radius 3 is 2.91 bits per heavy atom. The summed E-state index contributed by atoms with van der Waals surface area (Å²) >= 11 is 0. The van der Waals surface area contributed by atoms with E-state index in [4.69, 9.17) is 4.42 Å². The predicted molar refractivity (Wildman–Crippen MR) is 91.8 cm³/mol. The molecule has 2 atom stereocenters. The molecule has 0 bridgehead atoms. The summed E-state index contributed by atoms with van der Waals surface area (Å²) in [5.41, 5.74) is 0.900. The smallest absolute Gasteiger partial charge is 0.211 e. The zero-order valence-corrected chi connectivity index (χ0v) is 14.5. The van der Waals surface area contributed by atoms with Crippen molar-refractivity contribution in [3.05, 3.63) is 36.1 Å². The number of nitrogens with zero attached hydrogens (tertiary/aromatic N) is 1. The van der Waals surface area contributed by atoms with Crippen molar-refractivity contribution in [2.75, 3.05) is 25.9 Å². The number of benzene rings is 1. The lowest BCUT2D eigenvalue weighted by atomic mass is 9.99. The Morgan fingerprint density at radius 2 is 2.17 bits per heavy atom. The minimum Gasteiger partial charge on any atom is -0.459 e. The van der Waals surface area contributed by atoms with Crippen LogP contribution in [-0.2, 0) is 10.0 Å². The molecule has 1 N–H and O–H groups in total. The van der Waals surface area contributed by atoms with E-state index in [2.05, 4.69) is 18.3 Å². The standard InChI is InChI=1S/C17H24N2O3S/c1-13(17-10-15-7-3-4-8-16(15)22-17)18-11-14-6-5-9-19(12-14)23(2,20)21/h3-4,7-8,10,13-14,18H,5-6,9,11-12H2,1-2H3. The fourth-order valence-corrected chi connectivity index (χ4v) is 4.10. The molecule has 2 heterocycles. The molecule has 3 rings (SSSR count). The van der Waals surface area contributed by atoms with Gasteiger partial charge in [0.15, 0.2) is 0 Å². The van der Waals surface area contributed by atoms with Crippen LogP contribution < -0.4 is 5.32 Å². The summed E-state index contributed by atoms with van der Waals surface area (Å²) in [6.07, 6.45) is 3.28. The molecule has 23 heavy (non-hydrogen) atoms. The minimum atomic E-state index is -3.08. The Morgan fingerprint density at radius 1 is 1.39 bits per heavy atom. The number of sulfonamides is 1. The van der Waals surface area contributed by atoms with Gasteiger partial charge >= 0.3 is 0 Å². The van der Waals surface area contributed by atoms with E-state index in [-0.39, 0.29) is 6.04 Å². The number of furan rings is 1. The van der Waals surface area contributed by atoms with Crippen LogP contribution in [0.3, 0.4) is 0 Å². The molecule has 2 unspecified atom stereocenters. The van der Waals surface area contributed by atoms with E-state index >= 15 is 0 Å². The number of hydrogen-bond acceptors (Lipinski definition) is 4. The molecule has 1 aromatic carbocycles. The largest absolute Gasteiger partial charge is 0.459 e. The monoisotopic (exact) mass is 336 g/mol. The Kier molecular flexibility index (Phi) is 4.75. The molecule has 2 aromatic rings. The maximum Gasteiger partial charge on any atom is 0.211 e. The molecule has 1 aliphatic heterocycles. The minimum absolute atomic E-state index is 0.107. The van der Waals surface area contributed by atoms with Gasteiger partial charge in [-0.3, -0.25) is 0 Å². The summed E-state index contributed by atoms with van der Waals surface area (Å²) in [6.45, 7) is 4.13. The third kappa shape index (κ3) is 3.94. The van der Waals surface area contributed by atoms with Gasteiger partial charge in [0.1, 0.15) is 11.3 Å². The van der Waals surface area contributed by atoms with Gasteiger partial charge in [0.25, 0.3) is 0 Å². The normalized spacial score (nSPS) is 21.6. The lowest BCUT2D eigenvalue weighted by Gasteiger charge is -2.31. The number of para-hydroxylation sites is 1. The molecule has 0 amide bonds. The SMILES string of the molecule is CC(NCC1CCCN(S(C)(=O)=O)C1)c1cc2ccccc2o1. The first-order chi connectivity index (χ1) is 10.9. The van der Waals surface area contributed by atoms with E-state index in [1.165, 1.54) is 6.26 Å². The fraction of sp³-hybridized carbons (Fsp3) is 0.529. The molecule has 126 valence electrons. The van der Waals surface area contributed by atoms with E-state index in [0.29, 0.717) is 19.0 Å². The average Bonchev–Trinajstić information content (AvgIpc) is 2.96. The van der Waals surface area contributed by atoms with Crippen molar-refractivity contribution in [1.29, 1.82) is 0 Å². The summed E-state index contributed by atoms with van der Waals surface area (Å²) in [4.78, 5) is 0. The van der Waals surface area contributed by atoms with Gasteiger partial charge < -0.3 is 9.73 Å². The van der Waals surface area contributed by atoms with Crippen molar-refractivity contribution >= 4 is 21.0 Å².